The number of hydrogen-bond donors (Lipinski definition) is 1. The van der Waals surface area contributed by atoms with Crippen LogP contribution in [0.4, 0.5) is 0 Å². The summed E-state index contributed by atoms with van der Waals surface area (Å²) < 4.78 is 2.50. The number of halogens is 1. The molecule has 1 saturated carbocycles. The van der Waals surface area contributed by atoms with E-state index in [1.54, 1.807) is 10.9 Å². The van der Waals surface area contributed by atoms with E-state index in [2.05, 4.69) is 40.2 Å². The Labute approximate surface area is 123 Å². The quantitative estimate of drug-likeness (QED) is 0.926. The SMILES string of the molecule is CCn1ncc(Br)c1C(=O)N[C@@H]1CCC[C@@H](C)[C@H]1C. The lowest BCUT2D eigenvalue weighted by Crippen LogP contribution is -2.44. The molecular formula is C14H22BrN3O. The van der Waals surface area contributed by atoms with Crippen LogP contribution in [0.5, 0.6) is 0 Å². The van der Waals surface area contributed by atoms with Crippen LogP contribution in [0.2, 0.25) is 0 Å². The molecule has 4 nitrogen and oxygen atoms in total. The van der Waals surface area contributed by atoms with Crippen LogP contribution in [0, 0.1) is 11.8 Å². The lowest BCUT2D eigenvalue weighted by Gasteiger charge is -2.34. The molecule has 1 aromatic heterocycles. The molecular weight excluding hydrogens is 306 g/mol. The molecule has 1 aliphatic carbocycles. The number of hydrogen-bond acceptors (Lipinski definition) is 2. The minimum atomic E-state index is -0.0165. The minimum absolute atomic E-state index is 0.0165. The molecule has 0 saturated heterocycles. The molecule has 1 aliphatic rings. The van der Waals surface area contributed by atoms with Crippen molar-refractivity contribution in [3.05, 3.63) is 16.4 Å². The third-order valence-electron chi connectivity index (χ3n) is 4.33. The minimum Gasteiger partial charge on any atom is -0.348 e. The fraction of sp³-hybridized carbons (Fsp3) is 0.714. The van der Waals surface area contributed by atoms with E-state index in [9.17, 15) is 4.79 Å². The summed E-state index contributed by atoms with van der Waals surface area (Å²) in [5.41, 5.74) is 0.632. The summed E-state index contributed by atoms with van der Waals surface area (Å²) in [7, 11) is 0. The second kappa shape index (κ2) is 6.07. The third-order valence-corrected chi connectivity index (χ3v) is 4.91. The van der Waals surface area contributed by atoms with Crippen molar-refractivity contribution < 1.29 is 4.79 Å². The summed E-state index contributed by atoms with van der Waals surface area (Å²) >= 11 is 3.41. The summed E-state index contributed by atoms with van der Waals surface area (Å²) in [5, 5.41) is 7.38. The van der Waals surface area contributed by atoms with Crippen LogP contribution in [0.25, 0.3) is 0 Å². The molecule has 1 N–H and O–H groups in total. The van der Waals surface area contributed by atoms with Gasteiger partial charge in [-0.2, -0.15) is 5.10 Å². The number of rotatable bonds is 3. The highest BCUT2D eigenvalue weighted by atomic mass is 79.9. The van der Waals surface area contributed by atoms with E-state index >= 15 is 0 Å². The smallest absolute Gasteiger partial charge is 0.270 e. The van der Waals surface area contributed by atoms with Gasteiger partial charge < -0.3 is 5.32 Å². The maximum atomic E-state index is 12.4. The molecule has 5 heteroatoms. The number of nitrogens with one attached hydrogen (secondary N) is 1. The van der Waals surface area contributed by atoms with Crippen LogP contribution < -0.4 is 5.32 Å². The first-order valence-electron chi connectivity index (χ1n) is 7.06. The Bertz CT molecular complexity index is 458. The lowest BCUT2D eigenvalue weighted by molar-refractivity contribution is 0.0879. The normalized spacial score (nSPS) is 27.3. The first-order chi connectivity index (χ1) is 9.04. The van der Waals surface area contributed by atoms with Crippen LogP contribution in [0.1, 0.15) is 50.5 Å². The summed E-state index contributed by atoms with van der Waals surface area (Å²) in [6.45, 7) is 7.20. The van der Waals surface area contributed by atoms with Crippen LogP contribution in [0.3, 0.4) is 0 Å². The summed E-state index contributed by atoms with van der Waals surface area (Å²) in [6.07, 6.45) is 5.23. The van der Waals surface area contributed by atoms with Gasteiger partial charge in [0.2, 0.25) is 0 Å². The average Bonchev–Trinajstić information content (AvgIpc) is 2.76. The van der Waals surface area contributed by atoms with Gasteiger partial charge in [-0.3, -0.25) is 9.48 Å². The van der Waals surface area contributed by atoms with Gasteiger partial charge in [0.1, 0.15) is 5.69 Å². The van der Waals surface area contributed by atoms with Gasteiger partial charge in [-0.05, 0) is 41.1 Å². The Hall–Kier alpha value is -0.840. The molecule has 0 bridgehead atoms. The number of nitrogens with zero attached hydrogens (tertiary/aromatic N) is 2. The van der Waals surface area contributed by atoms with Crippen molar-refractivity contribution in [1.82, 2.24) is 15.1 Å². The van der Waals surface area contributed by atoms with Gasteiger partial charge in [0.25, 0.3) is 5.91 Å². The molecule has 1 aromatic rings. The van der Waals surface area contributed by atoms with Gasteiger partial charge in [0.15, 0.2) is 0 Å². The van der Waals surface area contributed by atoms with E-state index in [4.69, 9.17) is 0 Å². The standard InChI is InChI=1S/C14H22BrN3O/c1-4-18-13(11(15)8-16-18)14(19)17-12-7-5-6-9(2)10(12)3/h8-10,12H,4-7H2,1-3H3,(H,17,19)/t9-,10-,12-/m1/s1. The molecule has 1 amide bonds. The second-order valence-electron chi connectivity index (χ2n) is 5.50. The first kappa shape index (κ1) is 14.6. The molecule has 1 heterocycles. The molecule has 1 fully saturated rings. The van der Waals surface area contributed by atoms with E-state index in [-0.39, 0.29) is 11.9 Å². The Morgan fingerprint density at radius 2 is 2.26 bits per heavy atom. The molecule has 0 aromatic carbocycles. The van der Waals surface area contributed by atoms with Crippen LogP contribution in [-0.4, -0.2) is 21.7 Å². The van der Waals surface area contributed by atoms with E-state index in [1.807, 2.05) is 6.92 Å². The van der Waals surface area contributed by atoms with Crippen LogP contribution >= 0.6 is 15.9 Å². The predicted octanol–water partition coefficient (Wildman–Crippen LogP) is 3.22. The zero-order chi connectivity index (χ0) is 14.0. The number of aromatic nitrogens is 2. The topological polar surface area (TPSA) is 46.9 Å². The molecule has 19 heavy (non-hydrogen) atoms. The number of carbonyl (C=O) groups is 1. The highest BCUT2D eigenvalue weighted by molar-refractivity contribution is 9.10. The van der Waals surface area contributed by atoms with Gasteiger partial charge in [-0.15, -0.1) is 0 Å². The van der Waals surface area contributed by atoms with E-state index < -0.39 is 0 Å². The Balaban J connectivity index is 2.10. The van der Waals surface area contributed by atoms with Crippen LogP contribution in [0.15, 0.2) is 10.7 Å². The fourth-order valence-corrected chi connectivity index (χ4v) is 3.33. The Morgan fingerprint density at radius 1 is 1.53 bits per heavy atom. The summed E-state index contributed by atoms with van der Waals surface area (Å²) in [4.78, 5) is 12.4. The summed E-state index contributed by atoms with van der Waals surface area (Å²) in [6, 6.07) is 0.281. The van der Waals surface area contributed by atoms with Crippen molar-refractivity contribution in [2.75, 3.05) is 0 Å². The zero-order valence-corrected chi connectivity index (χ0v) is 13.4. The first-order valence-corrected chi connectivity index (χ1v) is 7.86. The van der Waals surface area contributed by atoms with Crippen molar-refractivity contribution in [3.63, 3.8) is 0 Å². The van der Waals surface area contributed by atoms with Gasteiger partial charge in [-0.25, -0.2) is 0 Å². The highest BCUT2D eigenvalue weighted by Crippen LogP contribution is 2.30. The molecule has 0 aliphatic heterocycles. The molecule has 0 spiro atoms. The maximum Gasteiger partial charge on any atom is 0.270 e. The number of amides is 1. The van der Waals surface area contributed by atoms with E-state index in [0.717, 1.165) is 10.9 Å². The summed E-state index contributed by atoms with van der Waals surface area (Å²) in [5.74, 6) is 1.20. The predicted molar refractivity (Wildman–Crippen MR) is 79.0 cm³/mol. The molecule has 0 unspecified atom stereocenters. The van der Waals surface area contributed by atoms with Crippen molar-refractivity contribution in [3.8, 4) is 0 Å². The van der Waals surface area contributed by atoms with Crippen LogP contribution in [-0.2, 0) is 6.54 Å². The van der Waals surface area contributed by atoms with Crippen molar-refractivity contribution in [2.24, 2.45) is 11.8 Å². The monoisotopic (exact) mass is 327 g/mol. The van der Waals surface area contributed by atoms with Crippen molar-refractivity contribution in [2.45, 2.75) is 52.6 Å². The largest absolute Gasteiger partial charge is 0.348 e. The van der Waals surface area contributed by atoms with E-state index in [1.165, 1.54) is 12.8 Å². The van der Waals surface area contributed by atoms with Gasteiger partial charge in [-0.1, -0.05) is 26.7 Å². The van der Waals surface area contributed by atoms with Crippen molar-refractivity contribution in [1.29, 1.82) is 0 Å². The van der Waals surface area contributed by atoms with E-state index in [0.29, 0.717) is 24.1 Å². The molecule has 106 valence electrons. The molecule has 3 atom stereocenters. The highest BCUT2D eigenvalue weighted by Gasteiger charge is 2.29. The zero-order valence-electron chi connectivity index (χ0n) is 11.8. The lowest BCUT2D eigenvalue weighted by atomic mass is 9.78. The number of aryl methyl sites for hydroxylation is 1. The Kier molecular flexibility index (Phi) is 4.66. The van der Waals surface area contributed by atoms with Gasteiger partial charge >= 0.3 is 0 Å². The van der Waals surface area contributed by atoms with Crippen molar-refractivity contribution >= 4 is 21.8 Å². The second-order valence-corrected chi connectivity index (χ2v) is 6.36. The fourth-order valence-electron chi connectivity index (χ4n) is 2.85. The molecule has 2 rings (SSSR count). The average molecular weight is 328 g/mol. The Morgan fingerprint density at radius 3 is 2.95 bits per heavy atom. The van der Waals surface area contributed by atoms with Gasteiger partial charge in [0.05, 0.1) is 10.7 Å². The molecule has 0 radical (unpaired) electrons. The third kappa shape index (κ3) is 3.02. The number of carbonyl (C=O) groups excluding carboxylic acids is 1. The maximum absolute atomic E-state index is 12.4. The van der Waals surface area contributed by atoms with Gasteiger partial charge in [0, 0.05) is 12.6 Å².